The molecule has 0 aliphatic heterocycles. The molecular weight excluding hydrogens is 406 g/mol. The second-order valence-corrected chi connectivity index (χ2v) is 7.22. The summed E-state index contributed by atoms with van der Waals surface area (Å²) in [5, 5.41) is 0. The van der Waals surface area contributed by atoms with Crippen LogP contribution in [-0.2, 0) is 6.11 Å². The summed E-state index contributed by atoms with van der Waals surface area (Å²) < 4.78 is 89.4. The van der Waals surface area contributed by atoms with Gasteiger partial charge in [-0.2, -0.15) is 8.78 Å². The molecule has 0 bridgehead atoms. The molecule has 7 heteroatoms. The van der Waals surface area contributed by atoms with Crippen molar-refractivity contribution < 1.29 is 31.1 Å². The summed E-state index contributed by atoms with van der Waals surface area (Å²) in [5.41, 5.74) is -0.678. The van der Waals surface area contributed by atoms with Crippen LogP contribution in [0, 0.1) is 30.2 Å². The van der Waals surface area contributed by atoms with Crippen molar-refractivity contribution in [1.29, 1.82) is 0 Å². The summed E-state index contributed by atoms with van der Waals surface area (Å²) in [4.78, 5) is 0. The van der Waals surface area contributed by atoms with Crippen molar-refractivity contribution >= 4 is 0 Å². The Bertz CT molecular complexity index is 963. The highest BCUT2D eigenvalue weighted by Crippen LogP contribution is 2.38. The zero-order valence-corrected chi connectivity index (χ0v) is 16.4. The number of benzene rings is 2. The predicted molar refractivity (Wildman–Crippen MR) is 101 cm³/mol. The van der Waals surface area contributed by atoms with Crippen LogP contribution in [0.3, 0.4) is 0 Å². The molecule has 0 amide bonds. The molecule has 2 aromatic rings. The molecule has 2 aromatic carbocycles. The fraction of sp³-hybridized carbons (Fsp3) is 0.304. The minimum Gasteiger partial charge on any atom is -0.429 e. The first-order valence-electron chi connectivity index (χ1n) is 9.51. The molecule has 1 aliphatic carbocycles. The lowest BCUT2D eigenvalue weighted by Gasteiger charge is -2.22. The van der Waals surface area contributed by atoms with Gasteiger partial charge >= 0.3 is 6.11 Å². The highest BCUT2D eigenvalue weighted by atomic mass is 19.3. The van der Waals surface area contributed by atoms with E-state index in [0.717, 1.165) is 37.5 Å². The fourth-order valence-electron chi connectivity index (χ4n) is 3.35. The average Bonchev–Trinajstić information content (AvgIpc) is 2.65. The lowest BCUT2D eigenvalue weighted by atomic mass is 9.88. The van der Waals surface area contributed by atoms with E-state index in [1.807, 2.05) is 19.1 Å². The molecule has 0 saturated carbocycles. The molecule has 1 unspecified atom stereocenters. The molecule has 0 heterocycles. The van der Waals surface area contributed by atoms with Crippen LogP contribution in [0.25, 0.3) is 0 Å². The molecule has 0 spiro atoms. The van der Waals surface area contributed by atoms with Crippen molar-refractivity contribution in [2.45, 2.75) is 45.1 Å². The van der Waals surface area contributed by atoms with E-state index in [1.54, 1.807) is 6.08 Å². The molecule has 0 aromatic heterocycles. The summed E-state index contributed by atoms with van der Waals surface area (Å²) in [7, 11) is 0. The predicted octanol–water partition coefficient (Wildman–Crippen LogP) is 7.45. The Labute approximate surface area is 170 Å². The third-order valence-electron chi connectivity index (χ3n) is 5.00. The van der Waals surface area contributed by atoms with Gasteiger partial charge in [0.15, 0.2) is 0 Å². The molecule has 1 nitrogen and oxygen atoms in total. The van der Waals surface area contributed by atoms with Gasteiger partial charge in [0.05, 0.1) is 0 Å². The van der Waals surface area contributed by atoms with E-state index in [9.17, 15) is 26.3 Å². The van der Waals surface area contributed by atoms with Gasteiger partial charge in [-0.25, -0.2) is 17.6 Å². The smallest absolute Gasteiger partial charge is 0.429 e. The van der Waals surface area contributed by atoms with Crippen LogP contribution in [0.15, 0.2) is 48.1 Å². The van der Waals surface area contributed by atoms with Gasteiger partial charge in [-0.3, -0.25) is 0 Å². The molecule has 1 atom stereocenters. The van der Waals surface area contributed by atoms with E-state index < -0.39 is 40.7 Å². The van der Waals surface area contributed by atoms with Crippen LogP contribution in [0.4, 0.5) is 26.3 Å². The van der Waals surface area contributed by atoms with Gasteiger partial charge in [-0.05, 0) is 37.5 Å². The Morgan fingerprint density at radius 1 is 0.967 bits per heavy atom. The normalized spacial score (nSPS) is 16.5. The van der Waals surface area contributed by atoms with E-state index >= 15 is 0 Å². The Morgan fingerprint density at radius 2 is 1.57 bits per heavy atom. The van der Waals surface area contributed by atoms with Gasteiger partial charge < -0.3 is 4.74 Å². The number of halogens is 6. The molecule has 0 radical (unpaired) electrons. The van der Waals surface area contributed by atoms with Gasteiger partial charge in [-0.1, -0.05) is 37.1 Å². The topological polar surface area (TPSA) is 9.23 Å². The van der Waals surface area contributed by atoms with Gasteiger partial charge in [0.1, 0.15) is 34.6 Å². The first-order valence-corrected chi connectivity index (χ1v) is 9.51. The number of hydrogen-bond acceptors (Lipinski definition) is 1. The van der Waals surface area contributed by atoms with Gasteiger partial charge in [-0.15, -0.1) is 0 Å². The van der Waals surface area contributed by atoms with E-state index in [0.29, 0.717) is 18.6 Å². The Hall–Kier alpha value is -2.70. The SMILES string of the molecule is CCCC1=CCC(c2cc(F)c(C(F)(F)Oc3cc(F)c(C)c(F)c3)c(F)c2)C=C1. The third kappa shape index (κ3) is 4.55. The second-order valence-electron chi connectivity index (χ2n) is 7.22. The maximum Gasteiger partial charge on any atom is 0.432 e. The quantitative estimate of drug-likeness (QED) is 0.436. The van der Waals surface area contributed by atoms with E-state index in [2.05, 4.69) is 4.74 Å². The summed E-state index contributed by atoms with van der Waals surface area (Å²) in [5.74, 6) is -6.46. The van der Waals surface area contributed by atoms with Crippen LogP contribution < -0.4 is 4.74 Å². The van der Waals surface area contributed by atoms with Crippen molar-refractivity contribution in [2.24, 2.45) is 0 Å². The highest BCUT2D eigenvalue weighted by Gasteiger charge is 2.41. The van der Waals surface area contributed by atoms with Crippen molar-refractivity contribution in [2.75, 3.05) is 0 Å². The van der Waals surface area contributed by atoms with E-state index in [4.69, 9.17) is 0 Å². The zero-order valence-electron chi connectivity index (χ0n) is 16.4. The minimum absolute atomic E-state index is 0.208. The van der Waals surface area contributed by atoms with Crippen molar-refractivity contribution in [1.82, 2.24) is 0 Å². The lowest BCUT2D eigenvalue weighted by Crippen LogP contribution is -2.25. The number of allylic oxidation sites excluding steroid dienone is 4. The fourth-order valence-corrected chi connectivity index (χ4v) is 3.35. The first-order chi connectivity index (χ1) is 14.1. The van der Waals surface area contributed by atoms with Crippen LogP contribution in [-0.4, -0.2) is 0 Å². The van der Waals surface area contributed by atoms with E-state index in [1.165, 1.54) is 0 Å². The maximum atomic E-state index is 14.5. The number of hydrogen-bond donors (Lipinski definition) is 0. The lowest BCUT2D eigenvalue weighted by molar-refractivity contribution is -0.189. The summed E-state index contributed by atoms with van der Waals surface area (Å²) >= 11 is 0. The third-order valence-corrected chi connectivity index (χ3v) is 5.00. The number of alkyl halides is 2. The van der Waals surface area contributed by atoms with Gasteiger partial charge in [0.25, 0.3) is 0 Å². The molecule has 0 saturated heterocycles. The minimum atomic E-state index is -4.47. The van der Waals surface area contributed by atoms with Crippen molar-refractivity contribution in [3.05, 3.63) is 88.0 Å². The van der Waals surface area contributed by atoms with Crippen LogP contribution >= 0.6 is 0 Å². The van der Waals surface area contributed by atoms with Crippen LogP contribution in [0.5, 0.6) is 5.75 Å². The highest BCUT2D eigenvalue weighted by molar-refractivity contribution is 5.37. The zero-order chi connectivity index (χ0) is 22.1. The van der Waals surface area contributed by atoms with Crippen LogP contribution in [0.1, 0.15) is 48.8 Å². The van der Waals surface area contributed by atoms with E-state index in [-0.39, 0.29) is 17.0 Å². The number of rotatable bonds is 6. The van der Waals surface area contributed by atoms with Gasteiger partial charge in [0, 0.05) is 23.6 Å². The molecule has 0 fully saturated rings. The summed E-state index contributed by atoms with van der Waals surface area (Å²) in [6.07, 6.45) is 3.47. The first kappa shape index (κ1) is 22.0. The van der Waals surface area contributed by atoms with Crippen LogP contribution in [0.2, 0.25) is 0 Å². The second kappa shape index (κ2) is 8.58. The maximum absolute atomic E-state index is 14.5. The molecule has 30 heavy (non-hydrogen) atoms. The monoisotopic (exact) mass is 426 g/mol. The molecular formula is C23H20F6O. The Balaban J connectivity index is 1.87. The molecule has 0 N–H and O–H groups in total. The molecule has 1 aliphatic rings. The average molecular weight is 426 g/mol. The summed E-state index contributed by atoms with van der Waals surface area (Å²) in [6, 6.07) is 2.73. The Morgan fingerprint density at radius 3 is 2.07 bits per heavy atom. The summed E-state index contributed by atoms with van der Waals surface area (Å²) in [6.45, 7) is 3.15. The van der Waals surface area contributed by atoms with Crippen molar-refractivity contribution in [3.8, 4) is 5.75 Å². The van der Waals surface area contributed by atoms with Gasteiger partial charge in [0.2, 0.25) is 0 Å². The largest absolute Gasteiger partial charge is 0.432 e. The number of ether oxygens (including phenoxy) is 1. The van der Waals surface area contributed by atoms with Crippen molar-refractivity contribution in [3.63, 3.8) is 0 Å². The molecule has 160 valence electrons. The molecule has 3 rings (SSSR count). The standard InChI is InChI=1S/C23H20F6O/c1-3-4-14-5-7-15(8-6-14)16-9-20(26)22(21(27)10-16)23(28,29)30-17-11-18(24)13(2)19(25)12-17/h5-7,9-12,15H,3-4,8H2,1-2H3. The Kier molecular flexibility index (Phi) is 6.29.